The monoisotopic (exact) mass is 217 g/mol. The third-order valence-corrected chi connectivity index (χ3v) is 2.40. The standard InChI is InChI=1S/C8H11NO4S/c1-12-6-4-8(14(10)11)7(13-2)3-5(6)9/h3-4H,9H2,1-2H3,(H,10,11). The van der Waals surface area contributed by atoms with Gasteiger partial charge < -0.3 is 19.8 Å². The zero-order valence-corrected chi connectivity index (χ0v) is 8.63. The van der Waals surface area contributed by atoms with E-state index in [2.05, 4.69) is 0 Å². The van der Waals surface area contributed by atoms with Crippen molar-refractivity contribution in [3.8, 4) is 11.5 Å². The van der Waals surface area contributed by atoms with Gasteiger partial charge in [0.05, 0.1) is 19.9 Å². The number of ether oxygens (including phenoxy) is 2. The number of hydrogen-bond donors (Lipinski definition) is 2. The predicted molar refractivity (Wildman–Crippen MR) is 53.0 cm³/mol. The van der Waals surface area contributed by atoms with Crippen LogP contribution in [0.2, 0.25) is 0 Å². The van der Waals surface area contributed by atoms with E-state index in [1.165, 1.54) is 26.4 Å². The maximum Gasteiger partial charge on any atom is 0.190 e. The molecule has 1 unspecified atom stereocenters. The molecule has 3 N–H and O–H groups in total. The number of benzene rings is 1. The van der Waals surface area contributed by atoms with Gasteiger partial charge in [-0.3, -0.25) is 0 Å². The highest BCUT2D eigenvalue weighted by molar-refractivity contribution is 7.79. The van der Waals surface area contributed by atoms with E-state index in [0.717, 1.165) is 0 Å². The van der Waals surface area contributed by atoms with Crippen LogP contribution >= 0.6 is 0 Å². The Balaban J connectivity index is 3.32. The summed E-state index contributed by atoms with van der Waals surface area (Å²) in [7, 11) is 2.83. The third kappa shape index (κ3) is 1.97. The lowest BCUT2D eigenvalue weighted by atomic mass is 10.3. The number of methoxy groups -OCH3 is 2. The van der Waals surface area contributed by atoms with E-state index in [9.17, 15) is 4.21 Å². The van der Waals surface area contributed by atoms with Crippen molar-refractivity contribution in [2.24, 2.45) is 0 Å². The molecule has 1 aromatic rings. The van der Waals surface area contributed by atoms with Gasteiger partial charge in [-0.1, -0.05) is 0 Å². The van der Waals surface area contributed by atoms with Gasteiger partial charge in [0.1, 0.15) is 16.4 Å². The molecule has 14 heavy (non-hydrogen) atoms. The van der Waals surface area contributed by atoms with Crippen molar-refractivity contribution in [3.63, 3.8) is 0 Å². The summed E-state index contributed by atoms with van der Waals surface area (Å²) in [5.74, 6) is 0.618. The average Bonchev–Trinajstić information content (AvgIpc) is 2.16. The fourth-order valence-electron chi connectivity index (χ4n) is 1.03. The summed E-state index contributed by atoms with van der Waals surface area (Å²) in [6, 6.07) is 2.83. The van der Waals surface area contributed by atoms with E-state index >= 15 is 0 Å². The molecule has 0 aromatic heterocycles. The molecule has 1 atom stereocenters. The van der Waals surface area contributed by atoms with Crippen molar-refractivity contribution in [1.82, 2.24) is 0 Å². The lowest BCUT2D eigenvalue weighted by Gasteiger charge is -2.09. The predicted octanol–water partition coefficient (Wildman–Crippen LogP) is 0.867. The minimum Gasteiger partial charge on any atom is -0.495 e. The molecule has 0 heterocycles. The molecule has 0 aliphatic heterocycles. The Morgan fingerprint density at radius 1 is 1.29 bits per heavy atom. The van der Waals surface area contributed by atoms with Crippen LogP contribution in [0.15, 0.2) is 17.0 Å². The van der Waals surface area contributed by atoms with E-state index in [1.54, 1.807) is 0 Å². The second kappa shape index (κ2) is 4.30. The zero-order valence-electron chi connectivity index (χ0n) is 7.81. The highest BCUT2D eigenvalue weighted by Gasteiger charge is 2.12. The minimum atomic E-state index is -2.12. The van der Waals surface area contributed by atoms with Crippen LogP contribution in [-0.2, 0) is 11.1 Å². The number of hydrogen-bond acceptors (Lipinski definition) is 4. The highest BCUT2D eigenvalue weighted by atomic mass is 32.2. The molecule has 0 spiro atoms. The fraction of sp³-hybridized carbons (Fsp3) is 0.250. The molecule has 0 radical (unpaired) electrons. The van der Waals surface area contributed by atoms with Crippen molar-refractivity contribution in [1.29, 1.82) is 0 Å². The summed E-state index contributed by atoms with van der Waals surface area (Å²) in [5, 5.41) is 0. The molecular formula is C8H11NO4S. The zero-order chi connectivity index (χ0) is 10.7. The van der Waals surface area contributed by atoms with Gasteiger partial charge in [-0.25, -0.2) is 4.21 Å². The molecule has 78 valence electrons. The average molecular weight is 217 g/mol. The Morgan fingerprint density at radius 3 is 2.29 bits per heavy atom. The van der Waals surface area contributed by atoms with Gasteiger partial charge >= 0.3 is 0 Å². The van der Waals surface area contributed by atoms with E-state index in [1.807, 2.05) is 0 Å². The maximum atomic E-state index is 10.9. The normalized spacial score (nSPS) is 12.2. The third-order valence-electron chi connectivity index (χ3n) is 1.70. The van der Waals surface area contributed by atoms with Crippen molar-refractivity contribution in [2.45, 2.75) is 4.90 Å². The number of anilines is 1. The van der Waals surface area contributed by atoms with Crippen LogP contribution in [0.25, 0.3) is 0 Å². The van der Waals surface area contributed by atoms with Crippen molar-refractivity contribution in [3.05, 3.63) is 12.1 Å². The Kier molecular flexibility index (Phi) is 3.32. The van der Waals surface area contributed by atoms with Gasteiger partial charge in [-0.05, 0) is 0 Å². The second-order valence-electron chi connectivity index (χ2n) is 2.49. The van der Waals surface area contributed by atoms with Crippen molar-refractivity contribution < 1.29 is 18.2 Å². The van der Waals surface area contributed by atoms with Crippen molar-refractivity contribution in [2.75, 3.05) is 20.0 Å². The molecule has 0 bridgehead atoms. The van der Waals surface area contributed by atoms with Crippen LogP contribution in [0.4, 0.5) is 5.69 Å². The summed E-state index contributed by atoms with van der Waals surface area (Å²) in [6.07, 6.45) is 0. The molecule has 6 heteroatoms. The number of nitrogens with two attached hydrogens (primary N) is 1. The minimum absolute atomic E-state index is 0.138. The first-order chi connectivity index (χ1) is 6.60. The van der Waals surface area contributed by atoms with Gasteiger partial charge in [0.2, 0.25) is 0 Å². The summed E-state index contributed by atoms with van der Waals surface area (Å²) < 4.78 is 29.6. The van der Waals surface area contributed by atoms with Crippen molar-refractivity contribution >= 4 is 16.8 Å². The first-order valence-electron chi connectivity index (χ1n) is 3.72. The molecule has 5 nitrogen and oxygen atoms in total. The van der Waals surface area contributed by atoms with Crippen LogP contribution in [0.1, 0.15) is 0 Å². The summed E-state index contributed by atoms with van der Waals surface area (Å²) >= 11 is -2.12. The number of nitrogen functional groups attached to an aromatic ring is 1. The lowest BCUT2D eigenvalue weighted by molar-refractivity contribution is 0.393. The van der Waals surface area contributed by atoms with Gasteiger partial charge in [-0.15, -0.1) is 0 Å². The quantitative estimate of drug-likeness (QED) is 0.580. The highest BCUT2D eigenvalue weighted by Crippen LogP contribution is 2.32. The first kappa shape index (κ1) is 10.8. The van der Waals surface area contributed by atoms with Crippen LogP contribution in [-0.4, -0.2) is 23.0 Å². The fourth-order valence-corrected chi connectivity index (χ4v) is 1.55. The Bertz CT molecular complexity index is 367. The van der Waals surface area contributed by atoms with E-state index < -0.39 is 11.1 Å². The smallest absolute Gasteiger partial charge is 0.190 e. The molecule has 0 saturated heterocycles. The van der Waals surface area contributed by atoms with E-state index in [4.69, 9.17) is 19.8 Å². The van der Waals surface area contributed by atoms with Gasteiger partial charge in [-0.2, -0.15) is 0 Å². The molecule has 0 amide bonds. The molecule has 0 aliphatic rings. The lowest BCUT2D eigenvalue weighted by Crippen LogP contribution is -1.99. The molecular weight excluding hydrogens is 206 g/mol. The Morgan fingerprint density at radius 2 is 1.86 bits per heavy atom. The van der Waals surface area contributed by atoms with E-state index in [-0.39, 0.29) is 10.6 Å². The summed E-state index contributed by atoms with van der Waals surface area (Å²) in [5.41, 5.74) is 5.95. The topological polar surface area (TPSA) is 81.8 Å². The first-order valence-corrected chi connectivity index (χ1v) is 4.83. The Labute approximate surface area is 84.1 Å². The van der Waals surface area contributed by atoms with E-state index in [0.29, 0.717) is 11.4 Å². The van der Waals surface area contributed by atoms with Crippen LogP contribution in [0.5, 0.6) is 11.5 Å². The summed E-state index contributed by atoms with van der Waals surface area (Å²) in [4.78, 5) is 0.138. The second-order valence-corrected chi connectivity index (χ2v) is 3.43. The number of rotatable bonds is 3. The molecule has 0 aliphatic carbocycles. The van der Waals surface area contributed by atoms with Crippen LogP contribution in [0, 0.1) is 0 Å². The molecule has 0 saturated carbocycles. The van der Waals surface area contributed by atoms with Gasteiger partial charge in [0.25, 0.3) is 0 Å². The van der Waals surface area contributed by atoms with Gasteiger partial charge in [0.15, 0.2) is 11.1 Å². The molecule has 0 fully saturated rings. The largest absolute Gasteiger partial charge is 0.495 e. The Hall–Kier alpha value is -1.27. The molecule has 1 rings (SSSR count). The van der Waals surface area contributed by atoms with Crippen LogP contribution in [0.3, 0.4) is 0 Å². The maximum absolute atomic E-state index is 10.9. The summed E-state index contributed by atoms with van der Waals surface area (Å²) in [6.45, 7) is 0. The SMILES string of the molecule is COc1cc(S(=O)O)c(OC)cc1N. The molecule has 1 aromatic carbocycles. The van der Waals surface area contributed by atoms with Crippen LogP contribution < -0.4 is 15.2 Å². The van der Waals surface area contributed by atoms with Gasteiger partial charge in [0, 0.05) is 12.1 Å².